The second-order valence-electron chi connectivity index (χ2n) is 5.84. The minimum Gasteiger partial charge on any atom is -0.357 e. The van der Waals surface area contributed by atoms with Crippen LogP contribution in [0.5, 0.6) is 0 Å². The van der Waals surface area contributed by atoms with E-state index in [0.29, 0.717) is 12.5 Å². The highest BCUT2D eigenvalue weighted by Gasteiger charge is 2.28. The van der Waals surface area contributed by atoms with Gasteiger partial charge in [0.25, 0.3) is 0 Å². The van der Waals surface area contributed by atoms with Crippen molar-refractivity contribution >= 4 is 11.9 Å². The Hall–Kier alpha value is -1.26. The van der Waals surface area contributed by atoms with Crippen LogP contribution in [-0.2, 0) is 4.79 Å². The fourth-order valence-corrected chi connectivity index (χ4v) is 2.18. The van der Waals surface area contributed by atoms with Crippen molar-refractivity contribution in [3.63, 3.8) is 0 Å². The molecular weight excluding hydrogens is 252 g/mol. The summed E-state index contributed by atoms with van der Waals surface area (Å²) < 4.78 is 0. The van der Waals surface area contributed by atoms with Crippen LogP contribution in [0, 0.1) is 11.8 Å². The highest BCUT2D eigenvalue weighted by molar-refractivity contribution is 5.81. The monoisotopic (exact) mass is 280 g/mol. The molecular formula is C15H28N4O. The van der Waals surface area contributed by atoms with Crippen molar-refractivity contribution < 1.29 is 4.79 Å². The number of hydrogen-bond acceptors (Lipinski definition) is 2. The van der Waals surface area contributed by atoms with Crippen molar-refractivity contribution in [3.8, 4) is 0 Å². The fraction of sp³-hybridized carbons (Fsp3) is 0.867. The van der Waals surface area contributed by atoms with Crippen LogP contribution in [0.4, 0.5) is 0 Å². The number of amides is 1. The highest BCUT2D eigenvalue weighted by Crippen LogP contribution is 2.33. The van der Waals surface area contributed by atoms with Gasteiger partial charge in [0.2, 0.25) is 5.91 Å². The molecule has 1 amide bonds. The predicted octanol–water partition coefficient (Wildman–Crippen LogP) is 1.26. The first kappa shape index (κ1) is 15.1. The minimum absolute atomic E-state index is 0.207. The molecule has 2 fully saturated rings. The average molecular weight is 280 g/mol. The Labute approximate surface area is 122 Å². The second kappa shape index (κ2) is 8.12. The standard InChI is InChI=1S/C15H28N4O/c1-2-16-15(18-9-3-4-12-5-6-12)19-11-10-17-14(20)13-7-8-13/h12-13H,2-11H2,1H3,(H,17,20)(H2,16,18,19). The Balaban J connectivity index is 1.54. The number of carbonyl (C=O) groups excluding carboxylic acids is 1. The molecule has 2 aliphatic carbocycles. The van der Waals surface area contributed by atoms with Gasteiger partial charge in [-0.1, -0.05) is 12.8 Å². The third-order valence-corrected chi connectivity index (χ3v) is 3.75. The molecule has 0 heterocycles. The summed E-state index contributed by atoms with van der Waals surface area (Å²) in [4.78, 5) is 16.0. The predicted molar refractivity (Wildman–Crippen MR) is 81.7 cm³/mol. The maximum atomic E-state index is 11.5. The van der Waals surface area contributed by atoms with Gasteiger partial charge in [-0.15, -0.1) is 0 Å². The lowest BCUT2D eigenvalue weighted by molar-refractivity contribution is -0.122. The zero-order valence-electron chi connectivity index (χ0n) is 12.6. The summed E-state index contributed by atoms with van der Waals surface area (Å²) in [5.41, 5.74) is 0. The molecule has 3 N–H and O–H groups in total. The summed E-state index contributed by atoms with van der Waals surface area (Å²) in [6.07, 6.45) is 7.46. The van der Waals surface area contributed by atoms with Crippen LogP contribution in [0.15, 0.2) is 4.99 Å². The molecule has 2 saturated carbocycles. The Morgan fingerprint density at radius 1 is 1.10 bits per heavy atom. The molecule has 5 nitrogen and oxygen atoms in total. The van der Waals surface area contributed by atoms with E-state index in [1.165, 1.54) is 25.7 Å². The van der Waals surface area contributed by atoms with Gasteiger partial charge < -0.3 is 16.0 Å². The second-order valence-corrected chi connectivity index (χ2v) is 5.84. The van der Waals surface area contributed by atoms with Crippen molar-refractivity contribution in [1.29, 1.82) is 0 Å². The summed E-state index contributed by atoms with van der Waals surface area (Å²) in [5.74, 6) is 2.35. The molecule has 0 unspecified atom stereocenters. The van der Waals surface area contributed by atoms with Crippen molar-refractivity contribution in [2.45, 2.75) is 45.4 Å². The van der Waals surface area contributed by atoms with Gasteiger partial charge in [-0.25, -0.2) is 0 Å². The van der Waals surface area contributed by atoms with Crippen LogP contribution < -0.4 is 16.0 Å². The number of carbonyl (C=O) groups is 1. The van der Waals surface area contributed by atoms with E-state index in [1.807, 2.05) is 0 Å². The molecule has 0 aromatic rings. The number of rotatable bonds is 9. The lowest BCUT2D eigenvalue weighted by atomic mass is 10.2. The van der Waals surface area contributed by atoms with Crippen LogP contribution in [0.1, 0.15) is 45.4 Å². The minimum atomic E-state index is 0.207. The molecule has 0 radical (unpaired) electrons. The molecule has 0 atom stereocenters. The molecule has 2 rings (SSSR count). The first-order valence-corrected chi connectivity index (χ1v) is 8.09. The Morgan fingerprint density at radius 2 is 1.85 bits per heavy atom. The van der Waals surface area contributed by atoms with Crippen molar-refractivity contribution in [2.75, 3.05) is 26.2 Å². The fourth-order valence-electron chi connectivity index (χ4n) is 2.18. The van der Waals surface area contributed by atoms with Crippen LogP contribution in [0.2, 0.25) is 0 Å². The van der Waals surface area contributed by atoms with Gasteiger partial charge >= 0.3 is 0 Å². The largest absolute Gasteiger partial charge is 0.357 e. The van der Waals surface area contributed by atoms with E-state index in [-0.39, 0.29) is 5.91 Å². The van der Waals surface area contributed by atoms with Crippen molar-refractivity contribution in [3.05, 3.63) is 0 Å². The average Bonchev–Trinajstić information content (AvgIpc) is 3.30. The van der Waals surface area contributed by atoms with E-state index < -0.39 is 0 Å². The molecule has 2 aliphatic rings. The number of guanidine groups is 1. The number of nitrogens with one attached hydrogen (secondary N) is 3. The van der Waals surface area contributed by atoms with Crippen LogP contribution >= 0.6 is 0 Å². The maximum Gasteiger partial charge on any atom is 0.223 e. The summed E-state index contributed by atoms with van der Waals surface area (Å²) >= 11 is 0. The zero-order valence-corrected chi connectivity index (χ0v) is 12.6. The SMILES string of the molecule is CCNC(=NCCCC1CC1)NCCNC(=O)C1CC1. The lowest BCUT2D eigenvalue weighted by Crippen LogP contribution is -2.41. The van der Waals surface area contributed by atoms with Gasteiger partial charge in [-0.2, -0.15) is 0 Å². The van der Waals surface area contributed by atoms with E-state index in [2.05, 4.69) is 27.9 Å². The normalized spacial score (nSPS) is 18.8. The first-order chi connectivity index (χ1) is 9.79. The summed E-state index contributed by atoms with van der Waals surface area (Å²) in [6.45, 7) is 5.22. The summed E-state index contributed by atoms with van der Waals surface area (Å²) in [7, 11) is 0. The maximum absolute atomic E-state index is 11.5. The number of hydrogen-bond donors (Lipinski definition) is 3. The molecule has 114 valence electrons. The van der Waals surface area contributed by atoms with E-state index >= 15 is 0 Å². The summed E-state index contributed by atoms with van der Waals surface area (Å²) in [5, 5.41) is 9.45. The van der Waals surface area contributed by atoms with Gasteiger partial charge in [-0.3, -0.25) is 9.79 Å². The molecule has 20 heavy (non-hydrogen) atoms. The van der Waals surface area contributed by atoms with Gasteiger partial charge in [-0.05, 0) is 38.5 Å². The smallest absolute Gasteiger partial charge is 0.223 e. The molecule has 0 spiro atoms. The van der Waals surface area contributed by atoms with Gasteiger partial charge in [0.05, 0.1) is 0 Å². The Morgan fingerprint density at radius 3 is 2.50 bits per heavy atom. The van der Waals surface area contributed by atoms with Crippen LogP contribution in [0.3, 0.4) is 0 Å². The van der Waals surface area contributed by atoms with E-state index in [9.17, 15) is 4.79 Å². The van der Waals surface area contributed by atoms with Gasteiger partial charge in [0, 0.05) is 32.1 Å². The molecule has 5 heteroatoms. The van der Waals surface area contributed by atoms with E-state index in [0.717, 1.165) is 44.4 Å². The topological polar surface area (TPSA) is 65.5 Å². The van der Waals surface area contributed by atoms with E-state index in [1.54, 1.807) is 0 Å². The van der Waals surface area contributed by atoms with Gasteiger partial charge in [0.15, 0.2) is 5.96 Å². The van der Waals surface area contributed by atoms with Crippen molar-refractivity contribution in [1.82, 2.24) is 16.0 Å². The van der Waals surface area contributed by atoms with E-state index in [4.69, 9.17) is 0 Å². The number of nitrogens with zero attached hydrogens (tertiary/aromatic N) is 1. The van der Waals surface area contributed by atoms with Crippen molar-refractivity contribution in [2.24, 2.45) is 16.8 Å². The Bertz CT molecular complexity index is 335. The van der Waals surface area contributed by atoms with Crippen LogP contribution in [-0.4, -0.2) is 38.0 Å². The molecule has 0 aromatic carbocycles. The third kappa shape index (κ3) is 6.26. The zero-order chi connectivity index (χ0) is 14.2. The lowest BCUT2D eigenvalue weighted by Gasteiger charge is -2.11. The molecule has 0 saturated heterocycles. The number of aliphatic imine (C=N–C) groups is 1. The third-order valence-electron chi connectivity index (χ3n) is 3.75. The molecule has 0 aromatic heterocycles. The highest BCUT2D eigenvalue weighted by atomic mass is 16.2. The Kier molecular flexibility index (Phi) is 6.15. The summed E-state index contributed by atoms with van der Waals surface area (Å²) in [6, 6.07) is 0. The quantitative estimate of drug-likeness (QED) is 0.338. The molecule has 0 aliphatic heterocycles. The molecule has 0 bridgehead atoms. The van der Waals surface area contributed by atoms with Gasteiger partial charge in [0.1, 0.15) is 0 Å². The first-order valence-electron chi connectivity index (χ1n) is 8.09. The van der Waals surface area contributed by atoms with Crippen LogP contribution in [0.25, 0.3) is 0 Å².